The quantitative estimate of drug-likeness (QED) is 0.549. The van der Waals surface area contributed by atoms with Crippen LogP contribution in [0.4, 0.5) is 5.69 Å². The van der Waals surface area contributed by atoms with Gasteiger partial charge >= 0.3 is 5.97 Å². The monoisotopic (exact) mass is 393 g/mol. The van der Waals surface area contributed by atoms with Gasteiger partial charge < -0.3 is 14.2 Å². The van der Waals surface area contributed by atoms with E-state index in [1.807, 2.05) is 18.2 Å². The summed E-state index contributed by atoms with van der Waals surface area (Å²) >= 11 is 0. The Morgan fingerprint density at radius 3 is 2.34 bits per heavy atom. The van der Waals surface area contributed by atoms with Crippen LogP contribution < -0.4 is 14.4 Å². The number of hydrogen-bond acceptors (Lipinski definition) is 5. The predicted octanol–water partition coefficient (Wildman–Crippen LogP) is 3.97. The Balaban J connectivity index is 2.13. The first-order valence-corrected chi connectivity index (χ1v) is 9.23. The van der Waals surface area contributed by atoms with Gasteiger partial charge in [0.1, 0.15) is 11.5 Å². The van der Waals surface area contributed by atoms with Crippen molar-refractivity contribution in [3.05, 3.63) is 70.9 Å². The molecule has 0 saturated heterocycles. The van der Waals surface area contributed by atoms with Gasteiger partial charge in [-0.05, 0) is 50.3 Å². The summed E-state index contributed by atoms with van der Waals surface area (Å²) in [6.07, 6.45) is 1.67. The van der Waals surface area contributed by atoms with Gasteiger partial charge in [-0.3, -0.25) is 9.69 Å². The molecule has 1 aliphatic heterocycles. The molecule has 0 aliphatic carbocycles. The van der Waals surface area contributed by atoms with Crippen LogP contribution in [0.2, 0.25) is 0 Å². The fourth-order valence-electron chi connectivity index (χ4n) is 3.26. The van der Waals surface area contributed by atoms with E-state index in [0.29, 0.717) is 28.4 Å². The number of benzene rings is 2. The highest BCUT2D eigenvalue weighted by atomic mass is 16.5. The summed E-state index contributed by atoms with van der Waals surface area (Å²) in [7, 11) is 3.14. The van der Waals surface area contributed by atoms with E-state index < -0.39 is 5.97 Å². The highest BCUT2D eigenvalue weighted by molar-refractivity contribution is 6.23. The Labute approximate surface area is 170 Å². The van der Waals surface area contributed by atoms with Crippen LogP contribution >= 0.6 is 0 Å². The number of amides is 1. The number of ether oxygens (including phenoxy) is 3. The number of esters is 1. The molecule has 0 radical (unpaired) electrons. The van der Waals surface area contributed by atoms with Gasteiger partial charge in [-0.1, -0.05) is 18.2 Å². The summed E-state index contributed by atoms with van der Waals surface area (Å²) in [5.41, 5.74) is 2.36. The van der Waals surface area contributed by atoms with Crippen LogP contribution in [0.1, 0.15) is 19.4 Å². The maximum Gasteiger partial charge on any atom is 0.340 e. The fourth-order valence-corrected chi connectivity index (χ4v) is 3.26. The molecule has 150 valence electrons. The third-order valence-corrected chi connectivity index (χ3v) is 4.65. The molecule has 1 amide bonds. The minimum absolute atomic E-state index is 0.217. The SMILES string of the molecule is CCOC(=O)C1=C(C)N(c2ccc(OC)cc2)C(=O)/C1=C\c1ccccc1OC. The zero-order chi connectivity index (χ0) is 21.0. The molecule has 0 unspecified atom stereocenters. The number of anilines is 1. The zero-order valence-electron chi connectivity index (χ0n) is 16.9. The summed E-state index contributed by atoms with van der Waals surface area (Å²) in [6, 6.07) is 14.4. The molecule has 6 heteroatoms. The lowest BCUT2D eigenvalue weighted by Crippen LogP contribution is -2.24. The van der Waals surface area contributed by atoms with Crippen LogP contribution in [0.15, 0.2) is 65.4 Å². The second-order valence-electron chi connectivity index (χ2n) is 6.32. The van der Waals surface area contributed by atoms with Gasteiger partial charge in [0.25, 0.3) is 5.91 Å². The second-order valence-corrected chi connectivity index (χ2v) is 6.32. The highest BCUT2D eigenvalue weighted by Crippen LogP contribution is 2.37. The summed E-state index contributed by atoms with van der Waals surface area (Å²) in [4.78, 5) is 27.5. The minimum Gasteiger partial charge on any atom is -0.497 e. The van der Waals surface area contributed by atoms with Crippen LogP contribution in [0.3, 0.4) is 0 Å². The molecule has 1 heterocycles. The van der Waals surface area contributed by atoms with Crippen LogP contribution in [-0.2, 0) is 14.3 Å². The fraction of sp³-hybridized carbons (Fsp3) is 0.217. The predicted molar refractivity (Wildman–Crippen MR) is 111 cm³/mol. The number of nitrogens with zero attached hydrogens (tertiary/aromatic N) is 1. The van der Waals surface area contributed by atoms with Crippen molar-refractivity contribution in [3.8, 4) is 11.5 Å². The van der Waals surface area contributed by atoms with Gasteiger partial charge in [-0.15, -0.1) is 0 Å². The lowest BCUT2D eigenvalue weighted by atomic mass is 10.0. The molecule has 2 aromatic rings. The topological polar surface area (TPSA) is 65.1 Å². The number of carbonyl (C=O) groups is 2. The average Bonchev–Trinajstić information content (AvgIpc) is 2.98. The van der Waals surface area contributed by atoms with Gasteiger partial charge in [-0.25, -0.2) is 4.79 Å². The molecular formula is C23H23NO5. The molecule has 0 saturated carbocycles. The number of carbonyl (C=O) groups excluding carboxylic acids is 2. The first-order valence-electron chi connectivity index (χ1n) is 9.23. The Kier molecular flexibility index (Phi) is 6.02. The molecule has 0 bridgehead atoms. The van der Waals surface area contributed by atoms with Crippen LogP contribution in [0.5, 0.6) is 11.5 Å². The van der Waals surface area contributed by atoms with Gasteiger partial charge in [-0.2, -0.15) is 0 Å². The molecule has 29 heavy (non-hydrogen) atoms. The number of allylic oxidation sites excluding steroid dienone is 1. The van der Waals surface area contributed by atoms with Crippen molar-refractivity contribution in [2.75, 3.05) is 25.7 Å². The number of para-hydroxylation sites is 1. The average molecular weight is 393 g/mol. The second kappa shape index (κ2) is 8.65. The molecule has 1 aliphatic rings. The molecule has 0 fully saturated rings. The minimum atomic E-state index is -0.532. The lowest BCUT2D eigenvalue weighted by molar-refractivity contribution is -0.138. The molecular weight excluding hydrogens is 370 g/mol. The number of rotatable bonds is 6. The molecule has 0 atom stereocenters. The molecule has 2 aromatic carbocycles. The third kappa shape index (κ3) is 3.87. The van der Waals surface area contributed by atoms with Crippen LogP contribution in [0.25, 0.3) is 6.08 Å². The summed E-state index contributed by atoms with van der Waals surface area (Å²) in [6.45, 7) is 3.68. The van der Waals surface area contributed by atoms with E-state index in [4.69, 9.17) is 14.2 Å². The third-order valence-electron chi connectivity index (χ3n) is 4.65. The van der Waals surface area contributed by atoms with E-state index in [1.165, 1.54) is 4.90 Å². The van der Waals surface area contributed by atoms with Gasteiger partial charge in [0.2, 0.25) is 0 Å². The van der Waals surface area contributed by atoms with E-state index in [9.17, 15) is 9.59 Å². The van der Waals surface area contributed by atoms with E-state index >= 15 is 0 Å². The normalized spacial score (nSPS) is 15.1. The standard InChI is InChI=1S/C23H23NO5/c1-5-29-23(26)21-15(2)24(17-10-12-18(27-3)13-11-17)22(25)19(21)14-16-8-6-7-9-20(16)28-4/h6-14H,5H2,1-4H3/b19-14-. The summed E-state index contributed by atoms with van der Waals surface area (Å²) in [5.74, 6) is 0.450. The molecule has 0 spiro atoms. The maximum absolute atomic E-state index is 13.3. The number of methoxy groups -OCH3 is 2. The Hall–Kier alpha value is -3.54. The summed E-state index contributed by atoms with van der Waals surface area (Å²) in [5, 5.41) is 0. The summed E-state index contributed by atoms with van der Waals surface area (Å²) < 4.78 is 15.8. The van der Waals surface area contributed by atoms with Gasteiger partial charge in [0.15, 0.2) is 0 Å². The molecule has 6 nitrogen and oxygen atoms in total. The van der Waals surface area contributed by atoms with Crippen LogP contribution in [-0.4, -0.2) is 32.7 Å². The molecule has 0 aromatic heterocycles. The highest BCUT2D eigenvalue weighted by Gasteiger charge is 2.38. The van der Waals surface area contributed by atoms with Crippen molar-refractivity contribution in [2.45, 2.75) is 13.8 Å². The molecule has 0 N–H and O–H groups in total. The van der Waals surface area contributed by atoms with Gasteiger partial charge in [0.05, 0.1) is 32.0 Å². The van der Waals surface area contributed by atoms with Crippen molar-refractivity contribution < 1.29 is 23.8 Å². The maximum atomic E-state index is 13.3. The van der Waals surface area contributed by atoms with E-state index in [2.05, 4.69) is 0 Å². The van der Waals surface area contributed by atoms with Crippen molar-refractivity contribution in [2.24, 2.45) is 0 Å². The Bertz CT molecular complexity index is 989. The Morgan fingerprint density at radius 2 is 1.72 bits per heavy atom. The van der Waals surface area contributed by atoms with Crippen molar-refractivity contribution in [3.63, 3.8) is 0 Å². The number of hydrogen-bond donors (Lipinski definition) is 0. The van der Waals surface area contributed by atoms with E-state index in [-0.39, 0.29) is 23.7 Å². The first kappa shape index (κ1) is 20.2. The van der Waals surface area contributed by atoms with Crippen molar-refractivity contribution >= 4 is 23.6 Å². The van der Waals surface area contributed by atoms with Crippen molar-refractivity contribution in [1.82, 2.24) is 0 Å². The first-order chi connectivity index (χ1) is 14.0. The smallest absolute Gasteiger partial charge is 0.340 e. The lowest BCUT2D eigenvalue weighted by Gasteiger charge is -2.18. The largest absolute Gasteiger partial charge is 0.497 e. The van der Waals surface area contributed by atoms with Gasteiger partial charge in [0, 0.05) is 16.9 Å². The van der Waals surface area contributed by atoms with Crippen LogP contribution in [0, 0.1) is 0 Å². The molecule has 3 rings (SSSR count). The van der Waals surface area contributed by atoms with Crippen molar-refractivity contribution in [1.29, 1.82) is 0 Å². The van der Waals surface area contributed by atoms with E-state index in [0.717, 1.165) is 0 Å². The zero-order valence-corrected chi connectivity index (χ0v) is 16.9. The Morgan fingerprint density at radius 1 is 1.03 bits per heavy atom. The van der Waals surface area contributed by atoms with E-state index in [1.54, 1.807) is 64.5 Å².